The van der Waals surface area contributed by atoms with E-state index in [0.29, 0.717) is 17.0 Å². The summed E-state index contributed by atoms with van der Waals surface area (Å²) in [4.78, 5) is 12.4. The molecule has 5 nitrogen and oxygen atoms in total. The van der Waals surface area contributed by atoms with Crippen LogP contribution in [0.3, 0.4) is 0 Å². The third kappa shape index (κ3) is 2.05. The average Bonchev–Trinajstić information content (AvgIpc) is 3.12. The molecular formula is C16H11N3O2S. The van der Waals surface area contributed by atoms with Crippen LogP contribution in [0, 0.1) is 6.92 Å². The molecule has 22 heavy (non-hydrogen) atoms. The van der Waals surface area contributed by atoms with Gasteiger partial charge >= 0.3 is 0 Å². The van der Waals surface area contributed by atoms with E-state index in [0.717, 1.165) is 33.7 Å². The van der Waals surface area contributed by atoms with Gasteiger partial charge in [0.2, 0.25) is 0 Å². The Morgan fingerprint density at radius 2 is 1.95 bits per heavy atom. The van der Waals surface area contributed by atoms with Gasteiger partial charge < -0.3 is 9.73 Å². The van der Waals surface area contributed by atoms with Gasteiger partial charge in [0.25, 0.3) is 5.91 Å². The molecule has 108 valence electrons. The van der Waals surface area contributed by atoms with Crippen LogP contribution in [-0.4, -0.2) is 14.7 Å². The molecule has 1 amide bonds. The minimum absolute atomic E-state index is 0.267. The van der Waals surface area contributed by atoms with E-state index in [9.17, 15) is 4.79 Å². The molecule has 0 aliphatic heterocycles. The van der Waals surface area contributed by atoms with Crippen LogP contribution in [0.2, 0.25) is 0 Å². The van der Waals surface area contributed by atoms with Gasteiger partial charge in [0, 0.05) is 16.6 Å². The number of hydrogen-bond donors (Lipinski definition) is 1. The minimum atomic E-state index is -0.267. The van der Waals surface area contributed by atoms with Gasteiger partial charge in [-0.1, -0.05) is 18.2 Å². The normalized spacial score (nSPS) is 11.1. The molecule has 0 spiro atoms. The summed E-state index contributed by atoms with van der Waals surface area (Å²) in [5.41, 5.74) is 3.81. The van der Waals surface area contributed by atoms with E-state index in [1.165, 1.54) is 0 Å². The summed E-state index contributed by atoms with van der Waals surface area (Å²) >= 11 is 1.15. The number of carbonyl (C=O) groups excluding carboxylic acids is 1. The number of furan rings is 1. The maximum atomic E-state index is 12.4. The van der Waals surface area contributed by atoms with Crippen LogP contribution < -0.4 is 5.32 Å². The monoisotopic (exact) mass is 309 g/mol. The average molecular weight is 309 g/mol. The maximum Gasteiger partial charge on any atom is 0.291 e. The lowest BCUT2D eigenvalue weighted by Gasteiger charge is -2.03. The molecule has 0 unspecified atom stereocenters. The van der Waals surface area contributed by atoms with Gasteiger partial charge in [0.1, 0.15) is 16.6 Å². The Bertz CT molecular complexity index is 1000. The highest BCUT2D eigenvalue weighted by atomic mass is 32.1. The van der Waals surface area contributed by atoms with Crippen molar-refractivity contribution in [2.45, 2.75) is 6.92 Å². The second-order valence-corrected chi connectivity index (χ2v) is 5.50. The van der Waals surface area contributed by atoms with E-state index in [4.69, 9.17) is 4.42 Å². The first kappa shape index (κ1) is 13.0. The highest BCUT2D eigenvalue weighted by Crippen LogP contribution is 2.26. The van der Waals surface area contributed by atoms with Gasteiger partial charge in [-0.2, -0.15) is 8.75 Å². The highest BCUT2D eigenvalue weighted by Gasteiger charge is 2.17. The lowest BCUT2D eigenvalue weighted by molar-refractivity contribution is 0.0998. The van der Waals surface area contributed by atoms with Crippen LogP contribution in [0.5, 0.6) is 0 Å². The number of benzene rings is 2. The third-order valence-electron chi connectivity index (χ3n) is 3.56. The van der Waals surface area contributed by atoms with Gasteiger partial charge in [-0.25, -0.2) is 0 Å². The van der Waals surface area contributed by atoms with Crippen molar-refractivity contribution in [2.75, 3.05) is 5.32 Å². The van der Waals surface area contributed by atoms with E-state index in [2.05, 4.69) is 14.1 Å². The Labute approximate surface area is 129 Å². The van der Waals surface area contributed by atoms with Crippen molar-refractivity contribution >= 4 is 45.3 Å². The number of carbonyl (C=O) groups is 1. The number of hydrogen-bond acceptors (Lipinski definition) is 5. The van der Waals surface area contributed by atoms with Gasteiger partial charge in [-0.05, 0) is 31.2 Å². The molecule has 2 heterocycles. The van der Waals surface area contributed by atoms with E-state index in [-0.39, 0.29) is 5.91 Å². The summed E-state index contributed by atoms with van der Waals surface area (Å²) in [5, 5.41) is 3.80. The van der Waals surface area contributed by atoms with Crippen LogP contribution in [0.25, 0.3) is 22.0 Å². The summed E-state index contributed by atoms with van der Waals surface area (Å²) in [6, 6.07) is 13.0. The maximum absolute atomic E-state index is 12.4. The van der Waals surface area contributed by atoms with Crippen molar-refractivity contribution in [1.82, 2.24) is 8.75 Å². The first-order valence-electron chi connectivity index (χ1n) is 6.74. The molecule has 2 aromatic heterocycles. The van der Waals surface area contributed by atoms with Crippen molar-refractivity contribution in [3.8, 4) is 0 Å². The van der Waals surface area contributed by atoms with Crippen molar-refractivity contribution in [1.29, 1.82) is 0 Å². The number of aryl methyl sites for hydroxylation is 1. The lowest BCUT2D eigenvalue weighted by atomic mass is 10.1. The third-order valence-corrected chi connectivity index (χ3v) is 4.12. The second-order valence-electron chi connectivity index (χ2n) is 4.97. The first-order chi connectivity index (χ1) is 10.7. The highest BCUT2D eigenvalue weighted by molar-refractivity contribution is 7.00. The predicted molar refractivity (Wildman–Crippen MR) is 86.3 cm³/mol. The topological polar surface area (TPSA) is 68.0 Å². The standard InChI is InChI=1S/C16H11N3O2S/c1-9-11-4-2-3-5-14(11)21-15(9)16(20)17-10-6-7-12-13(8-10)19-22-18-12/h2-8H,1H3,(H,17,20). The Kier molecular flexibility index (Phi) is 2.90. The van der Waals surface area contributed by atoms with Gasteiger partial charge in [-0.15, -0.1) is 0 Å². The summed E-state index contributed by atoms with van der Waals surface area (Å²) in [5.74, 6) is 0.0638. The number of amides is 1. The van der Waals surface area contributed by atoms with E-state index in [1.807, 2.05) is 37.3 Å². The van der Waals surface area contributed by atoms with Gasteiger partial charge in [0.15, 0.2) is 5.76 Å². The van der Waals surface area contributed by atoms with Gasteiger partial charge in [-0.3, -0.25) is 4.79 Å². The molecule has 4 aromatic rings. The largest absolute Gasteiger partial charge is 0.451 e. The molecule has 6 heteroatoms. The fourth-order valence-corrected chi connectivity index (χ4v) is 2.96. The Morgan fingerprint density at radius 1 is 1.14 bits per heavy atom. The molecule has 0 radical (unpaired) electrons. The zero-order valence-corrected chi connectivity index (χ0v) is 12.5. The summed E-state index contributed by atoms with van der Waals surface area (Å²) in [6.07, 6.45) is 0. The smallest absolute Gasteiger partial charge is 0.291 e. The Balaban J connectivity index is 1.69. The van der Waals surface area contributed by atoms with E-state index >= 15 is 0 Å². The molecule has 0 aliphatic carbocycles. The number of anilines is 1. The van der Waals surface area contributed by atoms with Crippen molar-refractivity contribution in [3.05, 3.63) is 53.8 Å². The fourth-order valence-electron chi connectivity index (χ4n) is 2.44. The quantitative estimate of drug-likeness (QED) is 0.607. The molecule has 0 bridgehead atoms. The molecule has 0 atom stereocenters. The predicted octanol–water partition coefficient (Wildman–Crippen LogP) is 4.00. The second kappa shape index (κ2) is 4.92. The summed E-state index contributed by atoms with van der Waals surface area (Å²) in [7, 11) is 0. The molecule has 4 rings (SSSR count). The zero-order chi connectivity index (χ0) is 15.1. The van der Waals surface area contributed by atoms with Crippen molar-refractivity contribution in [2.24, 2.45) is 0 Å². The Hall–Kier alpha value is -2.73. The van der Waals surface area contributed by atoms with Crippen LogP contribution in [0.15, 0.2) is 46.9 Å². The first-order valence-corrected chi connectivity index (χ1v) is 7.47. The number of para-hydroxylation sites is 1. The van der Waals surface area contributed by atoms with E-state index in [1.54, 1.807) is 12.1 Å². The number of nitrogens with zero attached hydrogens (tertiary/aromatic N) is 2. The SMILES string of the molecule is Cc1c(C(=O)Nc2ccc3nsnc3c2)oc2ccccc12. The number of rotatable bonds is 2. The van der Waals surface area contributed by atoms with Gasteiger partial charge in [0.05, 0.1) is 11.7 Å². The van der Waals surface area contributed by atoms with Crippen LogP contribution in [0.1, 0.15) is 16.1 Å². The number of fused-ring (bicyclic) bond motifs is 2. The Morgan fingerprint density at radius 3 is 2.82 bits per heavy atom. The molecule has 0 saturated carbocycles. The van der Waals surface area contributed by atoms with Crippen molar-refractivity contribution in [3.63, 3.8) is 0 Å². The lowest BCUT2D eigenvalue weighted by Crippen LogP contribution is -2.12. The number of nitrogens with one attached hydrogen (secondary N) is 1. The molecular weight excluding hydrogens is 298 g/mol. The summed E-state index contributed by atoms with van der Waals surface area (Å²) in [6.45, 7) is 1.88. The van der Waals surface area contributed by atoms with Crippen LogP contribution in [0.4, 0.5) is 5.69 Å². The molecule has 1 N–H and O–H groups in total. The zero-order valence-electron chi connectivity index (χ0n) is 11.7. The van der Waals surface area contributed by atoms with Crippen LogP contribution >= 0.6 is 11.7 Å². The van der Waals surface area contributed by atoms with Crippen LogP contribution in [-0.2, 0) is 0 Å². The molecule has 0 saturated heterocycles. The summed E-state index contributed by atoms with van der Waals surface area (Å²) < 4.78 is 14.0. The van der Waals surface area contributed by atoms with Crippen molar-refractivity contribution < 1.29 is 9.21 Å². The molecule has 0 aliphatic rings. The fraction of sp³-hybridized carbons (Fsp3) is 0.0625. The number of aromatic nitrogens is 2. The minimum Gasteiger partial charge on any atom is -0.451 e. The molecule has 2 aromatic carbocycles. The molecule has 0 fully saturated rings. The van der Waals surface area contributed by atoms with E-state index < -0.39 is 0 Å².